The van der Waals surface area contributed by atoms with E-state index in [1.54, 1.807) is 0 Å². The molecule has 114 valence electrons. The lowest BCUT2D eigenvalue weighted by molar-refractivity contribution is 0.577. The lowest BCUT2D eigenvalue weighted by atomic mass is 9.97. The molecule has 1 N–H and O–H groups in total. The van der Waals surface area contributed by atoms with Crippen LogP contribution in [0.1, 0.15) is 50.2 Å². The topological polar surface area (TPSA) is 29.9 Å². The minimum atomic E-state index is 0.434. The van der Waals surface area contributed by atoms with E-state index < -0.39 is 0 Å². The zero-order valence-corrected chi connectivity index (χ0v) is 13.9. The first-order valence-corrected chi connectivity index (χ1v) is 7.98. The Hall–Kier alpha value is -1.61. The van der Waals surface area contributed by atoms with Crippen LogP contribution in [0.15, 0.2) is 24.3 Å². The highest BCUT2D eigenvalue weighted by Gasteiger charge is 2.15. The van der Waals surface area contributed by atoms with Crippen LogP contribution in [0.5, 0.6) is 0 Å². The summed E-state index contributed by atoms with van der Waals surface area (Å²) in [4.78, 5) is 0. The molecule has 1 atom stereocenters. The summed E-state index contributed by atoms with van der Waals surface area (Å²) in [5.74, 6) is 0. The van der Waals surface area contributed by atoms with Crippen molar-refractivity contribution in [3.8, 4) is 11.1 Å². The van der Waals surface area contributed by atoms with Gasteiger partial charge in [0.2, 0.25) is 0 Å². The Kier molecular flexibility index (Phi) is 5.18. The molecule has 0 fully saturated rings. The molecule has 1 aromatic heterocycles. The maximum absolute atomic E-state index is 4.67. The Balaban J connectivity index is 2.43. The monoisotopic (exact) mass is 285 g/mol. The van der Waals surface area contributed by atoms with Crippen molar-refractivity contribution in [1.29, 1.82) is 0 Å². The summed E-state index contributed by atoms with van der Waals surface area (Å²) < 4.78 is 2.03. The van der Waals surface area contributed by atoms with Gasteiger partial charge in [0, 0.05) is 24.3 Å². The second-order valence-electron chi connectivity index (χ2n) is 5.47. The van der Waals surface area contributed by atoms with Crippen molar-refractivity contribution in [2.75, 3.05) is 7.05 Å². The van der Waals surface area contributed by atoms with E-state index in [1.165, 1.54) is 28.1 Å². The maximum Gasteiger partial charge on any atom is 0.0703 e. The fourth-order valence-corrected chi connectivity index (χ4v) is 3.09. The predicted octanol–water partition coefficient (Wildman–Crippen LogP) is 3.88. The Morgan fingerprint density at radius 2 is 1.76 bits per heavy atom. The van der Waals surface area contributed by atoms with Crippen molar-refractivity contribution in [2.45, 2.75) is 46.1 Å². The quantitative estimate of drug-likeness (QED) is 0.873. The minimum absolute atomic E-state index is 0.434. The summed E-state index contributed by atoms with van der Waals surface area (Å²) in [6, 6.07) is 9.40. The number of aryl methyl sites for hydroxylation is 2. The Morgan fingerprint density at radius 1 is 1.10 bits per heavy atom. The van der Waals surface area contributed by atoms with Gasteiger partial charge in [0.1, 0.15) is 0 Å². The Bertz CT molecular complexity index is 577. The van der Waals surface area contributed by atoms with E-state index in [0.717, 1.165) is 19.3 Å². The highest BCUT2D eigenvalue weighted by atomic mass is 15.3. The molecule has 0 aliphatic carbocycles. The molecule has 2 aromatic rings. The van der Waals surface area contributed by atoms with Gasteiger partial charge in [-0.2, -0.15) is 5.10 Å². The molecule has 0 saturated heterocycles. The van der Waals surface area contributed by atoms with Crippen molar-refractivity contribution in [1.82, 2.24) is 15.1 Å². The molecule has 1 heterocycles. The van der Waals surface area contributed by atoms with Gasteiger partial charge < -0.3 is 5.32 Å². The van der Waals surface area contributed by atoms with E-state index >= 15 is 0 Å². The third kappa shape index (κ3) is 3.03. The summed E-state index contributed by atoms with van der Waals surface area (Å²) in [5.41, 5.74) is 6.48. The van der Waals surface area contributed by atoms with Crippen LogP contribution in [0.25, 0.3) is 11.1 Å². The number of hydrogen-bond acceptors (Lipinski definition) is 2. The van der Waals surface area contributed by atoms with E-state index in [9.17, 15) is 0 Å². The molecule has 0 amide bonds. The predicted molar refractivity (Wildman–Crippen MR) is 89.5 cm³/mol. The normalized spacial score (nSPS) is 12.6. The second kappa shape index (κ2) is 6.90. The highest BCUT2D eigenvalue weighted by molar-refractivity contribution is 5.69. The average molecular weight is 285 g/mol. The molecule has 2 rings (SSSR count). The Morgan fingerprint density at radius 3 is 2.24 bits per heavy atom. The first-order chi connectivity index (χ1) is 10.2. The van der Waals surface area contributed by atoms with Gasteiger partial charge in [-0.05, 0) is 37.4 Å². The SMILES string of the molecule is CCc1nn(C)c(CC)c1-c1ccc(C(CC)NC)cc1. The molecule has 0 spiro atoms. The molecule has 0 bridgehead atoms. The van der Waals surface area contributed by atoms with Crippen LogP contribution >= 0.6 is 0 Å². The van der Waals surface area contributed by atoms with Gasteiger partial charge in [-0.15, -0.1) is 0 Å². The molecule has 3 nitrogen and oxygen atoms in total. The van der Waals surface area contributed by atoms with Crippen molar-refractivity contribution in [3.05, 3.63) is 41.2 Å². The minimum Gasteiger partial charge on any atom is -0.313 e. The van der Waals surface area contributed by atoms with Crippen LogP contribution in [0.3, 0.4) is 0 Å². The van der Waals surface area contributed by atoms with Crippen LogP contribution in [-0.4, -0.2) is 16.8 Å². The average Bonchev–Trinajstić information content (AvgIpc) is 2.85. The van der Waals surface area contributed by atoms with Crippen LogP contribution in [0.4, 0.5) is 0 Å². The standard InChI is InChI=1S/C18H27N3/c1-6-15(19-4)13-9-11-14(12-10-13)18-16(7-2)20-21(5)17(18)8-3/h9-12,15,19H,6-8H2,1-5H3. The van der Waals surface area contributed by atoms with Gasteiger partial charge in [0.15, 0.2) is 0 Å². The van der Waals surface area contributed by atoms with E-state index in [4.69, 9.17) is 0 Å². The largest absolute Gasteiger partial charge is 0.313 e. The molecule has 0 radical (unpaired) electrons. The number of benzene rings is 1. The lowest BCUT2D eigenvalue weighted by Gasteiger charge is -2.15. The van der Waals surface area contributed by atoms with Crippen molar-refractivity contribution in [3.63, 3.8) is 0 Å². The van der Waals surface area contributed by atoms with Crippen molar-refractivity contribution in [2.24, 2.45) is 7.05 Å². The highest BCUT2D eigenvalue weighted by Crippen LogP contribution is 2.29. The number of hydrogen-bond donors (Lipinski definition) is 1. The van der Waals surface area contributed by atoms with Gasteiger partial charge in [-0.1, -0.05) is 45.0 Å². The third-order valence-corrected chi connectivity index (χ3v) is 4.27. The summed E-state index contributed by atoms with van der Waals surface area (Å²) in [5, 5.41) is 8.03. The number of nitrogens with one attached hydrogen (secondary N) is 1. The summed E-state index contributed by atoms with van der Waals surface area (Å²) in [6.07, 6.45) is 3.08. The van der Waals surface area contributed by atoms with Crippen LogP contribution < -0.4 is 5.32 Å². The summed E-state index contributed by atoms with van der Waals surface area (Å²) in [7, 11) is 4.07. The zero-order valence-electron chi connectivity index (χ0n) is 13.9. The van der Waals surface area contributed by atoms with E-state index in [2.05, 4.69) is 55.5 Å². The van der Waals surface area contributed by atoms with Crippen molar-refractivity contribution >= 4 is 0 Å². The van der Waals surface area contributed by atoms with Gasteiger partial charge in [-0.25, -0.2) is 0 Å². The van der Waals surface area contributed by atoms with Gasteiger partial charge in [-0.3, -0.25) is 4.68 Å². The van der Waals surface area contributed by atoms with Gasteiger partial charge in [0.25, 0.3) is 0 Å². The molecule has 3 heteroatoms. The van der Waals surface area contributed by atoms with E-state index in [1.807, 2.05) is 18.8 Å². The van der Waals surface area contributed by atoms with Gasteiger partial charge in [0.05, 0.1) is 5.69 Å². The number of aromatic nitrogens is 2. The van der Waals surface area contributed by atoms with Crippen LogP contribution in [-0.2, 0) is 19.9 Å². The van der Waals surface area contributed by atoms with E-state index in [-0.39, 0.29) is 0 Å². The number of rotatable bonds is 6. The molecule has 0 aliphatic rings. The third-order valence-electron chi connectivity index (χ3n) is 4.27. The summed E-state index contributed by atoms with van der Waals surface area (Å²) in [6.45, 7) is 6.58. The molecule has 1 unspecified atom stereocenters. The first kappa shape index (κ1) is 15.8. The molecule has 1 aromatic carbocycles. The first-order valence-electron chi connectivity index (χ1n) is 7.98. The molecule has 0 saturated carbocycles. The lowest BCUT2D eigenvalue weighted by Crippen LogP contribution is -2.14. The van der Waals surface area contributed by atoms with Crippen LogP contribution in [0, 0.1) is 0 Å². The molecular formula is C18H27N3. The van der Waals surface area contributed by atoms with Crippen LogP contribution in [0.2, 0.25) is 0 Å². The fourth-order valence-electron chi connectivity index (χ4n) is 3.09. The smallest absolute Gasteiger partial charge is 0.0703 e. The zero-order chi connectivity index (χ0) is 15.4. The number of nitrogens with zero attached hydrogens (tertiary/aromatic N) is 2. The molecule has 0 aliphatic heterocycles. The Labute approximate surface area is 128 Å². The second-order valence-corrected chi connectivity index (χ2v) is 5.47. The molecular weight excluding hydrogens is 258 g/mol. The fraction of sp³-hybridized carbons (Fsp3) is 0.500. The van der Waals surface area contributed by atoms with E-state index in [0.29, 0.717) is 6.04 Å². The van der Waals surface area contributed by atoms with Gasteiger partial charge >= 0.3 is 0 Å². The van der Waals surface area contributed by atoms with Crippen molar-refractivity contribution < 1.29 is 0 Å². The molecule has 21 heavy (non-hydrogen) atoms. The maximum atomic E-state index is 4.67. The summed E-state index contributed by atoms with van der Waals surface area (Å²) >= 11 is 0.